The van der Waals surface area contributed by atoms with Crippen LogP contribution in [0, 0.1) is 23.3 Å². The number of alkyl halides is 1. The van der Waals surface area contributed by atoms with E-state index in [1.807, 2.05) is 116 Å². The van der Waals surface area contributed by atoms with Crippen LogP contribution in [-0.4, -0.2) is 258 Å². The van der Waals surface area contributed by atoms with Gasteiger partial charge in [0.2, 0.25) is 0 Å². The zero-order valence-electron chi connectivity index (χ0n) is 80.7. The van der Waals surface area contributed by atoms with Crippen LogP contribution in [0.2, 0.25) is 0 Å². The van der Waals surface area contributed by atoms with Gasteiger partial charge in [-0.25, -0.2) is 70.6 Å². The van der Waals surface area contributed by atoms with E-state index in [-0.39, 0.29) is 83.8 Å². The van der Waals surface area contributed by atoms with E-state index in [0.29, 0.717) is 82.2 Å². The molecule has 0 aliphatic heterocycles. The SMILES string of the molecule is CC(C)(C)OC(=O)c1cn(Cc2cn3cc(C4CC4)cc(CCl)c3n2)nn1.CC(C)(C)OC(=O)c1cn(Cc2cn3cc(C4CC4)cc(CO)c3n2)nn1.CN(C)CCO.CN(C)CCOCc1cc(C2CC2)cn2cc(Cn3cc(C(=O)O)nn3)nc12.COc1ccc(F)c(CCC(=O)c2cn(Cc3cn4cc(C5CC5)cc(COCCN(C)C)c4n3)nn2)c1F.COc1ccc(F)c(CN)c1F. The number of aliphatic hydroxyl groups is 2. The number of aromatic nitrogens is 20. The number of fused-ring (bicyclic) bond motifs is 4. The Balaban J connectivity index is 0.000000149. The van der Waals surface area contributed by atoms with Gasteiger partial charge in [-0.3, -0.25) is 4.79 Å². The maximum absolute atomic E-state index is 14.4. The highest BCUT2D eigenvalue weighted by Gasteiger charge is 2.31. The normalized spacial score (nSPS) is 13.6. The number of ether oxygens (including phenoxy) is 6. The van der Waals surface area contributed by atoms with Gasteiger partial charge in [-0.05, 0) is 236 Å². The molecule has 12 aromatic heterocycles. The maximum atomic E-state index is 14.4. The van der Waals surface area contributed by atoms with Gasteiger partial charge in [0.25, 0.3) is 0 Å². The molecule has 742 valence electrons. The van der Waals surface area contributed by atoms with Crippen molar-refractivity contribution in [2.75, 3.05) is 96.0 Å². The molecule has 5 N–H and O–H groups in total. The Bertz CT molecular complexity index is 6410. The number of carboxylic acids is 1. The summed E-state index contributed by atoms with van der Waals surface area (Å²) in [6.07, 6.45) is 31.9. The third kappa shape index (κ3) is 29.1. The quantitative estimate of drug-likeness (QED) is 0.00931. The first-order valence-corrected chi connectivity index (χ1v) is 46.4. The molecule has 0 radical (unpaired) electrons. The number of carboxylic acid groups (broad SMARTS) is 1. The van der Waals surface area contributed by atoms with Gasteiger partial charge in [0.05, 0.1) is 133 Å². The Kier molecular flexibility index (Phi) is 34.8. The molecule has 4 aliphatic carbocycles. The van der Waals surface area contributed by atoms with Crippen molar-refractivity contribution in [2.24, 2.45) is 5.73 Å². The van der Waals surface area contributed by atoms with E-state index in [0.717, 1.165) is 99.4 Å². The Morgan fingerprint density at radius 2 is 0.784 bits per heavy atom. The lowest BCUT2D eigenvalue weighted by Crippen LogP contribution is -2.24. The number of aromatic carboxylic acids is 1. The summed E-state index contributed by atoms with van der Waals surface area (Å²) < 4.78 is 101. The molecule has 0 bridgehead atoms. The molecule has 12 heterocycles. The highest BCUT2D eigenvalue weighted by molar-refractivity contribution is 6.17. The number of carbonyl (C=O) groups is 4. The fourth-order valence-corrected chi connectivity index (χ4v) is 15.0. The molecular formula is C97H121ClF4N24O13. The van der Waals surface area contributed by atoms with Crippen LogP contribution < -0.4 is 15.2 Å². The van der Waals surface area contributed by atoms with Crippen LogP contribution in [0.25, 0.3) is 22.6 Å². The molecule has 4 saturated carbocycles. The summed E-state index contributed by atoms with van der Waals surface area (Å²) in [6.45, 7) is 17.1. The highest BCUT2D eigenvalue weighted by atomic mass is 35.5. The van der Waals surface area contributed by atoms with Crippen LogP contribution in [0.4, 0.5) is 17.6 Å². The van der Waals surface area contributed by atoms with E-state index in [9.17, 15) is 41.8 Å². The number of esters is 2. The van der Waals surface area contributed by atoms with Gasteiger partial charge in [-0.1, -0.05) is 20.9 Å². The number of likely N-dealkylation sites (N-methyl/N-ethyl adjacent to an activating group) is 3. The van der Waals surface area contributed by atoms with Crippen LogP contribution in [0.1, 0.15) is 243 Å². The van der Waals surface area contributed by atoms with E-state index >= 15 is 0 Å². The molecule has 4 aliphatic rings. The van der Waals surface area contributed by atoms with Crippen molar-refractivity contribution in [2.45, 2.75) is 199 Å². The maximum Gasteiger partial charge on any atom is 0.361 e. The van der Waals surface area contributed by atoms with Gasteiger partial charge in [0, 0.05) is 116 Å². The lowest BCUT2D eigenvalue weighted by molar-refractivity contribution is 0.00503. The zero-order chi connectivity index (χ0) is 99.7. The smallest absolute Gasteiger partial charge is 0.361 e. The summed E-state index contributed by atoms with van der Waals surface area (Å²) in [6, 6.07) is 13.3. The molecule has 4 fully saturated rings. The summed E-state index contributed by atoms with van der Waals surface area (Å²) >= 11 is 6.13. The van der Waals surface area contributed by atoms with Gasteiger partial charge >= 0.3 is 17.9 Å². The van der Waals surface area contributed by atoms with Crippen molar-refractivity contribution in [1.82, 2.24) is 112 Å². The van der Waals surface area contributed by atoms with Crippen molar-refractivity contribution in [3.63, 3.8) is 0 Å². The lowest BCUT2D eigenvalue weighted by Gasteiger charge is -2.18. The highest BCUT2D eigenvalue weighted by Crippen LogP contribution is 2.44. The first kappa shape index (κ1) is 104. The molecule has 2 aromatic carbocycles. The number of aliphatic hydroxyl groups excluding tert-OH is 2. The predicted octanol–water partition coefficient (Wildman–Crippen LogP) is 12.5. The molecule has 0 amide bonds. The minimum absolute atomic E-state index is 0.0110. The van der Waals surface area contributed by atoms with E-state index < -0.39 is 52.4 Å². The summed E-state index contributed by atoms with van der Waals surface area (Å²) in [4.78, 5) is 72.8. The number of Topliss-reactive ketones (excluding diaryl/α,β-unsaturated/α-hetero) is 1. The van der Waals surface area contributed by atoms with Crippen LogP contribution in [0.15, 0.2) is 123 Å². The number of ketones is 1. The van der Waals surface area contributed by atoms with E-state index in [2.05, 4.69) is 109 Å². The molecule has 18 rings (SSSR count). The van der Waals surface area contributed by atoms with Gasteiger partial charge < -0.3 is 81.8 Å². The average molecular weight is 1940 g/mol. The zero-order valence-corrected chi connectivity index (χ0v) is 81.5. The lowest BCUT2D eigenvalue weighted by atomic mass is 10.0. The Morgan fingerprint density at radius 3 is 1.11 bits per heavy atom. The molecule has 0 saturated heterocycles. The number of pyridine rings is 4. The second kappa shape index (κ2) is 46.7. The Labute approximate surface area is 806 Å². The van der Waals surface area contributed by atoms with Crippen molar-refractivity contribution < 1.29 is 80.5 Å². The third-order valence-corrected chi connectivity index (χ3v) is 22.7. The third-order valence-electron chi connectivity index (χ3n) is 22.4. The largest absolute Gasteiger partial charge is 0.494 e. The molecule has 42 heteroatoms. The molecule has 0 atom stereocenters. The number of nitrogens with two attached hydrogens (primary N) is 1. The molecule has 0 spiro atoms. The second-order valence-corrected chi connectivity index (χ2v) is 37.7. The average Bonchev–Trinajstić information content (AvgIpc) is 1.64. The van der Waals surface area contributed by atoms with Crippen molar-refractivity contribution in [3.8, 4) is 11.5 Å². The van der Waals surface area contributed by atoms with Gasteiger partial charge in [0.15, 0.2) is 46.0 Å². The first-order chi connectivity index (χ1) is 66.4. The number of hydrogen-bond donors (Lipinski definition) is 4. The topological polar surface area (TPSA) is 412 Å². The number of hydrogen-bond acceptors (Lipinski definition) is 28. The Morgan fingerprint density at radius 1 is 0.453 bits per heavy atom. The molecule has 37 nitrogen and oxygen atoms in total. The summed E-state index contributed by atoms with van der Waals surface area (Å²) in [5.41, 5.74) is 19.6. The summed E-state index contributed by atoms with van der Waals surface area (Å²) in [7, 11) is 14.5. The van der Waals surface area contributed by atoms with E-state index in [4.69, 9.17) is 61.2 Å². The van der Waals surface area contributed by atoms with Gasteiger partial charge in [0.1, 0.15) is 51.1 Å². The number of nitrogens with zero attached hydrogens (tertiary/aromatic N) is 23. The molecular weight excluding hydrogens is 1820 g/mol. The number of halogens is 5. The van der Waals surface area contributed by atoms with Crippen molar-refractivity contribution in [1.29, 1.82) is 0 Å². The number of methoxy groups -OCH3 is 2. The number of carbonyl (C=O) groups excluding carboxylic acids is 3. The number of rotatable bonds is 36. The van der Waals surface area contributed by atoms with E-state index in [1.165, 1.54) is 122 Å². The molecule has 14 aromatic rings. The number of imidazole rings is 4. The van der Waals surface area contributed by atoms with Crippen LogP contribution in [-0.2, 0) is 83.8 Å². The van der Waals surface area contributed by atoms with E-state index in [1.54, 1.807) is 42.5 Å². The van der Waals surface area contributed by atoms with Gasteiger partial charge in [-0.2, -0.15) is 0 Å². The fraction of sp³-hybridized carbons (Fsp3) is 0.464. The van der Waals surface area contributed by atoms with Gasteiger partial charge in [-0.15, -0.1) is 32.0 Å². The molecule has 139 heavy (non-hydrogen) atoms. The fourth-order valence-electron chi connectivity index (χ4n) is 14.8. The number of benzene rings is 2. The second-order valence-electron chi connectivity index (χ2n) is 37.4. The minimum atomic E-state index is -1.09. The molecule has 0 unspecified atom stereocenters. The Hall–Kier alpha value is -12.9. The monoisotopic (exact) mass is 1940 g/mol. The van der Waals surface area contributed by atoms with Crippen LogP contribution >= 0.6 is 11.6 Å². The van der Waals surface area contributed by atoms with Crippen molar-refractivity contribution >= 4 is 57.9 Å². The van der Waals surface area contributed by atoms with Crippen LogP contribution in [0.3, 0.4) is 0 Å². The van der Waals surface area contributed by atoms with Crippen molar-refractivity contribution in [3.05, 3.63) is 247 Å². The first-order valence-electron chi connectivity index (χ1n) is 45.9. The predicted molar refractivity (Wildman–Crippen MR) is 506 cm³/mol. The summed E-state index contributed by atoms with van der Waals surface area (Å²) in [5, 5.41) is 58.3. The van der Waals surface area contributed by atoms with Crippen LogP contribution in [0.5, 0.6) is 11.5 Å². The standard InChI is InChI=1S/C28H32F2N6O3.C19H22ClN5O2.C19H24N6O3.C19H23N5O3.C8H9F2NO.C4H11NO/c1-34(2)10-11-39-17-20-12-19(18-4-5-18)13-35-14-21(31-28(20)35)15-36-16-24(32-33-36)25(37)8-6-22-23(29)7-9-26(38-3)27(22)30;1-19(2,3)27-18(26)16-11-25(23-22-16)10-15-9-24-8-14(12-4-5-12)6-13(7-20)17(24)21-15;1-23(2)5-6-28-12-15-7-14(13-3-4-13)8-24-9-16(20-18(15)24)10-25-11-17(19(26)27)21-22-25;1-19(2,3)27-18(26)16-10-24(22-21-16)9-15-8-23-7-13(12-4-5-12)6-14(11-25)17(23)20-15;1-12-7-3-2-6(9)5(4-11)8(7)10;1-5(2)3-4-6/h7,9,12-14,16,18H,4-6,8,10-11,15,17H2,1-3H3;6,8-9,11-12H,4-5,7,10H2,1-3H3;7-9,11,13H,3-6,10,12H2,1-2H3,(H,26,27);6-8,10,12,25H,4-5,9,11H2,1-3H3;2-3H,4,11H2,1H3;6H,3-4H2,1-2H3. The minimum Gasteiger partial charge on any atom is -0.494 e. The summed E-state index contributed by atoms with van der Waals surface area (Å²) in [5.74, 6) is -2.49.